The molecule has 1 aliphatic heterocycles. The molecule has 0 radical (unpaired) electrons. The summed E-state index contributed by atoms with van der Waals surface area (Å²) >= 11 is 3.45. The van der Waals surface area contributed by atoms with E-state index in [-0.39, 0.29) is 17.2 Å². The van der Waals surface area contributed by atoms with Crippen molar-refractivity contribution < 1.29 is 14.6 Å². The molecule has 0 fully saturated rings. The van der Waals surface area contributed by atoms with Gasteiger partial charge in [-0.3, -0.25) is 4.79 Å². The van der Waals surface area contributed by atoms with Crippen molar-refractivity contribution in [2.24, 2.45) is 0 Å². The van der Waals surface area contributed by atoms with E-state index in [1.807, 2.05) is 30.3 Å². The summed E-state index contributed by atoms with van der Waals surface area (Å²) in [4.78, 5) is 12.3. The average molecular weight is 372 g/mol. The van der Waals surface area contributed by atoms with Crippen molar-refractivity contribution >= 4 is 31.9 Å². The molecule has 1 aliphatic rings. The Labute approximate surface area is 142 Å². The number of halogens is 1. The highest BCUT2D eigenvalue weighted by atomic mass is 79.9. The number of benzene rings is 2. The van der Waals surface area contributed by atoms with E-state index in [9.17, 15) is 9.90 Å². The van der Waals surface area contributed by atoms with E-state index in [1.165, 1.54) is 0 Å². The second-order valence-corrected chi connectivity index (χ2v) is 5.75. The van der Waals surface area contributed by atoms with E-state index in [0.717, 1.165) is 5.56 Å². The van der Waals surface area contributed by atoms with Crippen molar-refractivity contribution in [3.05, 3.63) is 77.2 Å². The number of carbonyl (C=O) groups is 1. The molecule has 0 unspecified atom stereocenters. The fraction of sp³-hybridized carbons (Fsp3) is 0.0556. The fourth-order valence-corrected chi connectivity index (χ4v) is 2.93. The molecule has 2 aromatic rings. The maximum atomic E-state index is 12.3. The van der Waals surface area contributed by atoms with E-state index in [2.05, 4.69) is 21.2 Å². The van der Waals surface area contributed by atoms with Gasteiger partial charge in [0, 0.05) is 0 Å². The highest BCUT2D eigenvalue weighted by molar-refractivity contribution is 9.15. The minimum Gasteiger partial charge on any atom is -0.505 e. The summed E-state index contributed by atoms with van der Waals surface area (Å²) in [5.41, 5.74) is 2.11. The number of methoxy groups -OCH3 is 1. The first-order valence-corrected chi connectivity index (χ1v) is 7.75. The van der Waals surface area contributed by atoms with E-state index in [0.29, 0.717) is 21.5 Å². The average Bonchev–Trinajstić information content (AvgIpc) is 2.89. The van der Waals surface area contributed by atoms with Gasteiger partial charge in [0.15, 0.2) is 5.76 Å². The van der Waals surface area contributed by atoms with Crippen molar-refractivity contribution in [1.82, 2.24) is 5.32 Å². The maximum absolute atomic E-state index is 12.3. The molecule has 0 saturated carbocycles. The van der Waals surface area contributed by atoms with Crippen LogP contribution >= 0.6 is 15.9 Å². The minimum atomic E-state index is -0.337. The molecule has 2 aromatic carbocycles. The first kappa shape index (κ1) is 15.4. The molecule has 0 bridgehead atoms. The third-order valence-corrected chi connectivity index (χ3v) is 4.42. The van der Waals surface area contributed by atoms with Gasteiger partial charge in [-0.2, -0.15) is 0 Å². The monoisotopic (exact) mass is 371 g/mol. The molecule has 0 aromatic heterocycles. The van der Waals surface area contributed by atoms with Gasteiger partial charge in [-0.25, -0.2) is 0 Å². The van der Waals surface area contributed by atoms with E-state index >= 15 is 0 Å². The van der Waals surface area contributed by atoms with Gasteiger partial charge in [0.1, 0.15) is 5.75 Å². The standard InChI is InChI=1S/C18H14BrNO3/c1-23-13-9-7-11(8-10-13)14-17(21)16(20-18(14)22)15(19)12-5-3-2-4-6-12/h2-10,21H,1H3,(H,20,22)/b16-15-. The van der Waals surface area contributed by atoms with Gasteiger partial charge >= 0.3 is 0 Å². The summed E-state index contributed by atoms with van der Waals surface area (Å²) in [6.07, 6.45) is 0. The summed E-state index contributed by atoms with van der Waals surface area (Å²) in [6.45, 7) is 0. The van der Waals surface area contributed by atoms with Crippen LogP contribution in [-0.4, -0.2) is 18.1 Å². The molecule has 4 nitrogen and oxygen atoms in total. The summed E-state index contributed by atoms with van der Waals surface area (Å²) in [5.74, 6) is 0.278. The molecule has 1 amide bonds. The van der Waals surface area contributed by atoms with Gasteiger partial charge in [0.2, 0.25) is 0 Å². The Hall–Kier alpha value is -2.53. The Morgan fingerprint density at radius 1 is 1.09 bits per heavy atom. The summed E-state index contributed by atoms with van der Waals surface area (Å²) in [7, 11) is 1.58. The van der Waals surface area contributed by atoms with Crippen LogP contribution in [0.25, 0.3) is 10.1 Å². The third kappa shape index (κ3) is 2.87. The number of aliphatic hydroxyl groups excluding tert-OH is 1. The quantitative estimate of drug-likeness (QED) is 0.860. The van der Waals surface area contributed by atoms with Gasteiger partial charge in [0.05, 0.1) is 22.9 Å². The molecule has 2 N–H and O–H groups in total. The predicted molar refractivity (Wildman–Crippen MR) is 93.0 cm³/mol. The first-order chi connectivity index (χ1) is 11.1. The highest BCUT2D eigenvalue weighted by Crippen LogP contribution is 2.35. The zero-order valence-electron chi connectivity index (χ0n) is 12.3. The zero-order chi connectivity index (χ0) is 16.4. The van der Waals surface area contributed by atoms with Crippen molar-refractivity contribution in [1.29, 1.82) is 0 Å². The number of aliphatic hydroxyl groups is 1. The predicted octanol–water partition coefficient (Wildman–Crippen LogP) is 3.86. The number of hydrogen-bond donors (Lipinski definition) is 2. The molecule has 3 rings (SSSR count). The Balaban J connectivity index is 2.06. The lowest BCUT2D eigenvalue weighted by molar-refractivity contribution is -0.114. The second-order valence-electron chi connectivity index (χ2n) is 4.96. The van der Waals surface area contributed by atoms with Gasteiger partial charge in [-0.1, -0.05) is 42.5 Å². The Morgan fingerprint density at radius 3 is 2.35 bits per heavy atom. The highest BCUT2D eigenvalue weighted by Gasteiger charge is 2.30. The van der Waals surface area contributed by atoms with Gasteiger partial charge in [-0.05, 0) is 39.2 Å². The molecule has 1 heterocycles. The van der Waals surface area contributed by atoms with E-state index < -0.39 is 0 Å². The third-order valence-electron chi connectivity index (χ3n) is 3.56. The van der Waals surface area contributed by atoms with Crippen LogP contribution in [0.2, 0.25) is 0 Å². The summed E-state index contributed by atoms with van der Waals surface area (Å²) in [6, 6.07) is 16.4. The molecule has 5 heteroatoms. The fourth-order valence-electron chi connectivity index (χ4n) is 2.38. The van der Waals surface area contributed by atoms with Crippen molar-refractivity contribution in [3.63, 3.8) is 0 Å². The molecular formula is C18H14BrNO3. The first-order valence-electron chi connectivity index (χ1n) is 6.96. The molecular weight excluding hydrogens is 358 g/mol. The molecule has 0 atom stereocenters. The largest absolute Gasteiger partial charge is 0.505 e. The van der Waals surface area contributed by atoms with Crippen LogP contribution in [0.5, 0.6) is 5.75 Å². The number of rotatable bonds is 3. The van der Waals surface area contributed by atoms with E-state index in [1.54, 1.807) is 31.4 Å². The Bertz CT molecular complexity index is 808. The normalized spacial score (nSPS) is 16.3. The van der Waals surface area contributed by atoms with Crippen LogP contribution in [0, 0.1) is 0 Å². The van der Waals surface area contributed by atoms with Gasteiger partial charge < -0.3 is 15.2 Å². The lowest BCUT2D eigenvalue weighted by atomic mass is 10.0. The van der Waals surface area contributed by atoms with E-state index in [4.69, 9.17) is 4.74 Å². The Morgan fingerprint density at radius 2 is 1.74 bits per heavy atom. The minimum absolute atomic E-state index is 0.0732. The number of hydrogen-bond acceptors (Lipinski definition) is 3. The van der Waals surface area contributed by atoms with Crippen molar-refractivity contribution in [2.75, 3.05) is 7.11 Å². The van der Waals surface area contributed by atoms with Crippen LogP contribution in [0.1, 0.15) is 11.1 Å². The lowest BCUT2D eigenvalue weighted by Gasteiger charge is -2.05. The van der Waals surface area contributed by atoms with Crippen LogP contribution in [-0.2, 0) is 4.79 Å². The number of carbonyl (C=O) groups excluding carboxylic acids is 1. The smallest absolute Gasteiger partial charge is 0.260 e. The number of nitrogens with one attached hydrogen (secondary N) is 1. The molecule has 116 valence electrons. The second kappa shape index (κ2) is 6.30. The number of ether oxygens (including phenoxy) is 1. The van der Waals surface area contributed by atoms with Crippen LogP contribution in [0.3, 0.4) is 0 Å². The molecule has 0 aliphatic carbocycles. The van der Waals surface area contributed by atoms with Crippen molar-refractivity contribution in [2.45, 2.75) is 0 Å². The Kier molecular flexibility index (Phi) is 4.21. The van der Waals surface area contributed by atoms with Gasteiger partial charge in [-0.15, -0.1) is 0 Å². The summed E-state index contributed by atoms with van der Waals surface area (Å²) < 4.78 is 5.74. The molecule has 0 saturated heterocycles. The topological polar surface area (TPSA) is 58.6 Å². The number of amides is 1. The van der Waals surface area contributed by atoms with Crippen LogP contribution in [0.4, 0.5) is 0 Å². The van der Waals surface area contributed by atoms with Crippen LogP contribution in [0.15, 0.2) is 66.1 Å². The molecule has 23 heavy (non-hydrogen) atoms. The van der Waals surface area contributed by atoms with Crippen LogP contribution < -0.4 is 10.1 Å². The lowest BCUT2D eigenvalue weighted by Crippen LogP contribution is -2.16. The SMILES string of the molecule is COc1ccc(C2=C(O)/C(=C(/Br)c3ccccc3)NC2=O)cc1. The maximum Gasteiger partial charge on any atom is 0.260 e. The summed E-state index contributed by atoms with van der Waals surface area (Å²) in [5, 5.41) is 13.2. The van der Waals surface area contributed by atoms with Gasteiger partial charge in [0.25, 0.3) is 5.91 Å². The zero-order valence-corrected chi connectivity index (χ0v) is 13.9. The van der Waals surface area contributed by atoms with Crippen molar-refractivity contribution in [3.8, 4) is 5.75 Å². The molecule has 0 spiro atoms.